The van der Waals surface area contributed by atoms with Gasteiger partial charge >= 0.3 is 12.3 Å². The monoisotopic (exact) mass is 537 g/mol. The van der Waals surface area contributed by atoms with E-state index in [1.54, 1.807) is 11.8 Å². The zero-order chi connectivity index (χ0) is 24.8. The molecule has 3 aromatic rings. The third kappa shape index (κ3) is 4.87. The first kappa shape index (κ1) is 24.4. The number of piperazine rings is 1. The number of carboxylic acid groups (broad SMARTS) is 1. The van der Waals surface area contributed by atoms with Crippen LogP contribution in [0.4, 0.5) is 18.3 Å². The summed E-state index contributed by atoms with van der Waals surface area (Å²) < 4.78 is 68.3. The van der Waals surface area contributed by atoms with Gasteiger partial charge in [0.15, 0.2) is 15.9 Å². The molecule has 34 heavy (non-hydrogen) atoms. The summed E-state index contributed by atoms with van der Waals surface area (Å²) >= 11 is 7.29. The van der Waals surface area contributed by atoms with Gasteiger partial charge in [-0.2, -0.15) is 9.29 Å². The van der Waals surface area contributed by atoms with Crippen LogP contribution in [0.5, 0.6) is 5.75 Å². The van der Waals surface area contributed by atoms with Gasteiger partial charge in [0.2, 0.25) is 10.0 Å². The topological polar surface area (TPSA) is 126 Å². The molecule has 10 nitrogen and oxygen atoms in total. The van der Waals surface area contributed by atoms with E-state index in [4.69, 9.17) is 11.6 Å². The number of nitrogens with zero attached hydrogens (tertiary/aromatic N) is 5. The quantitative estimate of drug-likeness (QED) is 0.489. The van der Waals surface area contributed by atoms with Gasteiger partial charge in [-0.05, 0) is 31.2 Å². The molecule has 1 saturated heterocycles. The number of aliphatic carboxylic acids is 1. The lowest BCUT2D eigenvalue weighted by atomic mass is 10.2. The average molecular weight is 538 g/mol. The number of anilines is 1. The Morgan fingerprint density at radius 3 is 2.50 bits per heavy atom. The molecule has 2 aromatic heterocycles. The summed E-state index contributed by atoms with van der Waals surface area (Å²) in [6, 6.07) is 2.08. The number of carbonyl (C=O) groups is 1. The van der Waals surface area contributed by atoms with Crippen LogP contribution in [0.15, 0.2) is 29.2 Å². The number of aryl methyl sites for hydroxylation is 1. The van der Waals surface area contributed by atoms with Gasteiger partial charge in [0, 0.05) is 19.6 Å². The molecular formula is C18H15ClF3N5O5S2. The third-order valence-corrected chi connectivity index (χ3v) is 8.28. The molecule has 1 atom stereocenters. The Hall–Kier alpha value is -2.75. The van der Waals surface area contributed by atoms with Gasteiger partial charge < -0.3 is 14.7 Å². The van der Waals surface area contributed by atoms with E-state index in [2.05, 4.69) is 19.7 Å². The number of benzene rings is 1. The lowest BCUT2D eigenvalue weighted by Gasteiger charge is -2.38. The SMILES string of the molecule is Cc1nc(Cl)c2sc(N3CCN(S(=O)(=O)c4ccc(OC(F)(F)F)cc4)[C@@H](C(=O)O)C3)nc2n1. The van der Waals surface area contributed by atoms with Crippen LogP contribution in [-0.4, -0.2) is 70.8 Å². The predicted octanol–water partition coefficient (Wildman–Crippen LogP) is 2.91. The van der Waals surface area contributed by atoms with Crippen molar-refractivity contribution < 1.29 is 36.2 Å². The van der Waals surface area contributed by atoms with Gasteiger partial charge in [-0.25, -0.2) is 18.4 Å². The van der Waals surface area contributed by atoms with Crippen LogP contribution in [0.2, 0.25) is 5.15 Å². The highest BCUT2D eigenvalue weighted by atomic mass is 35.5. The lowest BCUT2D eigenvalue weighted by molar-refractivity contribution is -0.274. The number of hydrogen-bond donors (Lipinski definition) is 1. The molecule has 0 spiro atoms. The normalized spacial score (nSPS) is 17.8. The summed E-state index contributed by atoms with van der Waals surface area (Å²) in [5.74, 6) is -1.57. The molecule has 1 aliphatic heterocycles. The molecule has 1 fully saturated rings. The van der Waals surface area contributed by atoms with Crippen molar-refractivity contribution in [3.05, 3.63) is 35.2 Å². The van der Waals surface area contributed by atoms with Crippen LogP contribution >= 0.6 is 22.9 Å². The van der Waals surface area contributed by atoms with E-state index >= 15 is 0 Å². The molecule has 0 aliphatic carbocycles. The maximum Gasteiger partial charge on any atom is 0.573 e. The number of sulfonamides is 1. The second-order valence-electron chi connectivity index (χ2n) is 7.15. The van der Waals surface area contributed by atoms with Crippen LogP contribution in [0.25, 0.3) is 10.3 Å². The van der Waals surface area contributed by atoms with Crippen molar-refractivity contribution in [2.24, 2.45) is 0 Å². The Morgan fingerprint density at radius 2 is 1.88 bits per heavy atom. The zero-order valence-corrected chi connectivity index (χ0v) is 19.5. The Morgan fingerprint density at radius 1 is 1.21 bits per heavy atom. The second kappa shape index (κ2) is 8.79. The fourth-order valence-corrected chi connectivity index (χ4v) is 6.20. The molecule has 0 unspecified atom stereocenters. The zero-order valence-electron chi connectivity index (χ0n) is 17.2. The Bertz CT molecular complexity index is 1350. The maximum atomic E-state index is 13.1. The minimum atomic E-state index is -4.93. The standard InChI is InChI=1S/C18H15ClF3N5O5S2/c1-9-23-14(19)13-15(24-9)25-17(33-13)26-6-7-27(12(8-26)16(28)29)34(30,31)11-4-2-10(3-5-11)32-18(20,21)22/h2-5,12H,6-8H2,1H3,(H,28,29)/t12-/m1/s1. The van der Waals surface area contributed by atoms with Crippen LogP contribution in [0, 0.1) is 6.92 Å². The molecule has 16 heteroatoms. The molecule has 1 aromatic carbocycles. The van der Waals surface area contributed by atoms with Crippen molar-refractivity contribution in [1.29, 1.82) is 0 Å². The van der Waals surface area contributed by atoms with Crippen molar-refractivity contribution in [2.45, 2.75) is 24.2 Å². The third-order valence-electron chi connectivity index (χ3n) is 4.86. The Kier molecular flexibility index (Phi) is 6.30. The van der Waals surface area contributed by atoms with Crippen molar-refractivity contribution in [2.75, 3.05) is 24.5 Å². The number of hydrogen-bond acceptors (Lipinski definition) is 9. The number of thiazole rings is 1. The summed E-state index contributed by atoms with van der Waals surface area (Å²) in [6.45, 7) is 1.35. The maximum absolute atomic E-state index is 13.1. The molecule has 182 valence electrons. The van der Waals surface area contributed by atoms with Crippen LogP contribution < -0.4 is 9.64 Å². The molecule has 0 amide bonds. The fraction of sp³-hybridized carbons (Fsp3) is 0.333. The van der Waals surface area contributed by atoms with Crippen LogP contribution in [0.1, 0.15) is 5.82 Å². The molecule has 0 bridgehead atoms. The molecule has 4 rings (SSSR count). The number of rotatable bonds is 5. The van der Waals surface area contributed by atoms with Crippen molar-refractivity contribution in [1.82, 2.24) is 19.3 Å². The summed E-state index contributed by atoms with van der Waals surface area (Å²) in [5.41, 5.74) is 0.348. The first-order valence-corrected chi connectivity index (χ1v) is 12.1. The van der Waals surface area contributed by atoms with Gasteiger partial charge in [-0.3, -0.25) is 4.79 Å². The number of carboxylic acids is 1. The van der Waals surface area contributed by atoms with E-state index < -0.39 is 34.1 Å². The van der Waals surface area contributed by atoms with Crippen molar-refractivity contribution in [3.63, 3.8) is 0 Å². The highest BCUT2D eigenvalue weighted by Crippen LogP contribution is 2.34. The van der Waals surface area contributed by atoms with Gasteiger partial charge in [0.1, 0.15) is 22.3 Å². The number of halogens is 4. The summed E-state index contributed by atoms with van der Waals surface area (Å²) in [6.07, 6.45) is -4.93. The highest BCUT2D eigenvalue weighted by molar-refractivity contribution is 7.89. The van der Waals surface area contributed by atoms with E-state index in [9.17, 15) is 31.5 Å². The summed E-state index contributed by atoms with van der Waals surface area (Å²) in [5, 5.41) is 10.4. The number of alkyl halides is 3. The van der Waals surface area contributed by atoms with E-state index in [1.165, 1.54) is 0 Å². The van der Waals surface area contributed by atoms with Gasteiger partial charge in [0.25, 0.3) is 0 Å². The van der Waals surface area contributed by atoms with Crippen molar-refractivity contribution >= 4 is 54.4 Å². The first-order valence-electron chi connectivity index (χ1n) is 9.51. The lowest BCUT2D eigenvalue weighted by Crippen LogP contribution is -2.58. The largest absolute Gasteiger partial charge is 0.573 e. The van der Waals surface area contributed by atoms with E-state index in [0.717, 1.165) is 39.9 Å². The predicted molar refractivity (Wildman–Crippen MR) is 116 cm³/mol. The number of ether oxygens (including phenoxy) is 1. The van der Waals surface area contributed by atoms with Crippen LogP contribution in [-0.2, 0) is 14.8 Å². The van der Waals surface area contributed by atoms with Gasteiger partial charge in [0.05, 0.1) is 4.90 Å². The van der Waals surface area contributed by atoms with Crippen molar-refractivity contribution in [3.8, 4) is 5.75 Å². The van der Waals surface area contributed by atoms with E-state index in [0.29, 0.717) is 21.3 Å². The summed E-state index contributed by atoms with van der Waals surface area (Å²) in [7, 11) is -4.33. The van der Waals surface area contributed by atoms with Crippen LogP contribution in [0.3, 0.4) is 0 Å². The van der Waals surface area contributed by atoms with Gasteiger partial charge in [-0.15, -0.1) is 13.2 Å². The van der Waals surface area contributed by atoms with E-state index in [-0.39, 0.29) is 29.7 Å². The molecule has 1 aliphatic rings. The van der Waals surface area contributed by atoms with Gasteiger partial charge in [-0.1, -0.05) is 22.9 Å². The molecule has 0 saturated carbocycles. The van der Waals surface area contributed by atoms with E-state index in [1.807, 2.05) is 0 Å². The minimum Gasteiger partial charge on any atom is -0.480 e. The fourth-order valence-electron chi connectivity index (χ4n) is 3.40. The molecule has 1 N–H and O–H groups in total. The average Bonchev–Trinajstić information content (AvgIpc) is 3.17. The number of aromatic nitrogens is 3. The Balaban J connectivity index is 1.59. The smallest absolute Gasteiger partial charge is 0.480 e. The first-order chi connectivity index (χ1) is 15.8. The molecule has 0 radical (unpaired) electrons. The minimum absolute atomic E-state index is 0.113. The number of fused-ring (bicyclic) bond motifs is 1. The molecule has 3 heterocycles. The summed E-state index contributed by atoms with van der Waals surface area (Å²) in [4.78, 5) is 25.9. The molecular weight excluding hydrogens is 523 g/mol. The highest BCUT2D eigenvalue weighted by Gasteiger charge is 2.41. The Labute approximate surface area is 199 Å². The second-order valence-corrected chi connectivity index (χ2v) is 10.4.